The van der Waals surface area contributed by atoms with Gasteiger partial charge in [-0.05, 0) is 0 Å². The van der Waals surface area contributed by atoms with Crippen molar-refractivity contribution in [3.63, 3.8) is 0 Å². The van der Waals surface area contributed by atoms with E-state index >= 15 is 0 Å². The predicted octanol–water partition coefficient (Wildman–Crippen LogP) is 1.20. The van der Waals surface area contributed by atoms with Crippen molar-refractivity contribution in [1.29, 1.82) is 0 Å². The Labute approximate surface area is 155 Å². The van der Waals surface area contributed by atoms with E-state index in [1.54, 1.807) is 0 Å². The van der Waals surface area contributed by atoms with Crippen molar-refractivity contribution in [3.05, 3.63) is 25.3 Å². The lowest BCUT2D eigenvalue weighted by Gasteiger charge is -2.27. The molecule has 0 radical (unpaired) electrons. The highest BCUT2D eigenvalue weighted by molar-refractivity contribution is 7.33. The molecule has 0 bridgehead atoms. The topological polar surface area (TPSA) is 88.1 Å². The van der Waals surface area contributed by atoms with E-state index in [1.165, 1.54) is 0 Å². The van der Waals surface area contributed by atoms with Crippen LogP contribution in [0.4, 0.5) is 0 Å². The summed E-state index contributed by atoms with van der Waals surface area (Å²) in [6.07, 6.45) is 2.19. The molecule has 0 saturated carbocycles. The maximum Gasteiger partial charge on any atom is 0.709 e. The van der Waals surface area contributed by atoms with Crippen LogP contribution in [0.2, 0.25) is 0 Å². The molecule has 0 unspecified atom stereocenters. The standard InChI is InChI=1S/C16H30N2O7P/c1-7-15(19)22-11-9-17(3,4)13-24-26(21)25-14-18(5,6)10-12-23-16(20)8-2/h7-8H,1-2,9-14H2,3-6H3/q+3. The van der Waals surface area contributed by atoms with E-state index in [-0.39, 0.29) is 26.7 Å². The van der Waals surface area contributed by atoms with Gasteiger partial charge in [-0.25, -0.2) is 9.59 Å². The molecule has 0 aromatic rings. The van der Waals surface area contributed by atoms with Gasteiger partial charge in [0.15, 0.2) is 0 Å². The second-order valence-electron chi connectivity index (χ2n) is 6.80. The van der Waals surface area contributed by atoms with E-state index in [9.17, 15) is 14.2 Å². The van der Waals surface area contributed by atoms with Gasteiger partial charge in [0.05, 0.1) is 28.2 Å². The molecule has 10 heteroatoms. The SMILES string of the molecule is C=CC(=O)OCC[N+](C)(C)CO[P+](=O)OC[N+](C)(C)CCOC(=O)C=C. The van der Waals surface area contributed by atoms with Crippen LogP contribution in [-0.4, -0.2) is 88.9 Å². The molecule has 0 aliphatic carbocycles. The smallest absolute Gasteiger partial charge is 0.457 e. The highest BCUT2D eigenvalue weighted by Crippen LogP contribution is 2.25. The average molecular weight is 393 g/mol. The summed E-state index contributed by atoms with van der Waals surface area (Å²) < 4.78 is 32.9. The lowest BCUT2D eigenvalue weighted by atomic mass is 10.5. The molecular weight excluding hydrogens is 363 g/mol. The third kappa shape index (κ3) is 12.7. The van der Waals surface area contributed by atoms with Gasteiger partial charge >= 0.3 is 20.2 Å². The van der Waals surface area contributed by atoms with Crippen molar-refractivity contribution in [2.24, 2.45) is 0 Å². The number of hydrogen-bond donors (Lipinski definition) is 0. The summed E-state index contributed by atoms with van der Waals surface area (Å²) in [7, 11) is 5.09. The summed E-state index contributed by atoms with van der Waals surface area (Å²) in [6.45, 7) is 8.27. The molecule has 0 aliphatic heterocycles. The Bertz CT molecular complexity index is 477. The van der Waals surface area contributed by atoms with Gasteiger partial charge < -0.3 is 9.47 Å². The Kier molecular flexibility index (Phi) is 11.1. The predicted molar refractivity (Wildman–Crippen MR) is 95.8 cm³/mol. The van der Waals surface area contributed by atoms with Crippen LogP contribution in [0, 0.1) is 0 Å². The number of ether oxygens (including phenoxy) is 2. The molecule has 148 valence electrons. The molecule has 0 aromatic heterocycles. The number of quaternary nitrogens is 2. The fraction of sp³-hybridized carbons (Fsp3) is 0.625. The summed E-state index contributed by atoms with van der Waals surface area (Å²) in [5, 5.41) is 0. The third-order valence-corrected chi connectivity index (χ3v) is 3.89. The zero-order chi connectivity index (χ0) is 20.2. The minimum atomic E-state index is -2.30. The number of carbonyl (C=O) groups excluding carboxylic acids is 2. The van der Waals surface area contributed by atoms with Gasteiger partial charge in [-0.3, -0.25) is 8.97 Å². The van der Waals surface area contributed by atoms with Crippen LogP contribution < -0.4 is 0 Å². The number of carbonyl (C=O) groups is 2. The van der Waals surface area contributed by atoms with Crippen LogP contribution in [0.3, 0.4) is 0 Å². The fourth-order valence-electron chi connectivity index (χ4n) is 1.48. The minimum Gasteiger partial charge on any atom is -0.457 e. The Morgan fingerprint density at radius 3 is 1.50 bits per heavy atom. The van der Waals surface area contributed by atoms with Crippen LogP contribution in [0.5, 0.6) is 0 Å². The van der Waals surface area contributed by atoms with Crippen molar-refractivity contribution in [3.8, 4) is 0 Å². The molecule has 0 aromatic carbocycles. The van der Waals surface area contributed by atoms with Gasteiger partial charge in [0.1, 0.15) is 26.3 Å². The van der Waals surface area contributed by atoms with Crippen LogP contribution in [-0.2, 0) is 32.7 Å². The number of likely N-dealkylation sites (N-methyl/N-ethyl adjacent to an activating group) is 2. The van der Waals surface area contributed by atoms with E-state index in [0.29, 0.717) is 22.1 Å². The van der Waals surface area contributed by atoms with E-state index < -0.39 is 20.2 Å². The Hall–Kier alpha value is -1.64. The average Bonchev–Trinajstić information content (AvgIpc) is 2.57. The number of nitrogens with zero attached hydrogens (tertiary/aromatic N) is 2. The van der Waals surface area contributed by atoms with Gasteiger partial charge in [-0.15, -0.1) is 0 Å². The molecule has 0 fully saturated rings. The maximum atomic E-state index is 11.9. The fourth-order valence-corrected chi connectivity index (χ4v) is 2.37. The summed E-state index contributed by atoms with van der Waals surface area (Å²) in [6, 6.07) is 0. The van der Waals surface area contributed by atoms with Gasteiger partial charge in [-0.2, -0.15) is 0 Å². The van der Waals surface area contributed by atoms with Gasteiger partial charge in [0, 0.05) is 16.7 Å². The number of rotatable bonds is 14. The van der Waals surface area contributed by atoms with E-state index in [0.717, 1.165) is 12.2 Å². The van der Waals surface area contributed by atoms with E-state index in [2.05, 4.69) is 13.2 Å². The second kappa shape index (κ2) is 11.9. The Morgan fingerprint density at radius 2 is 1.19 bits per heavy atom. The molecule has 0 atom stereocenters. The van der Waals surface area contributed by atoms with Crippen LogP contribution >= 0.6 is 8.25 Å². The summed E-state index contributed by atoms with van der Waals surface area (Å²) >= 11 is 0. The molecular formula is C16H30N2O7P+3. The van der Waals surface area contributed by atoms with Gasteiger partial charge in [0.2, 0.25) is 13.5 Å². The van der Waals surface area contributed by atoms with E-state index in [1.807, 2.05) is 28.2 Å². The summed E-state index contributed by atoms with van der Waals surface area (Å²) in [5.41, 5.74) is 0. The van der Waals surface area contributed by atoms with Crippen molar-refractivity contribution in [2.75, 3.05) is 68.0 Å². The molecule has 0 saturated heterocycles. The lowest BCUT2D eigenvalue weighted by Crippen LogP contribution is -2.44. The molecule has 0 N–H and O–H groups in total. The first kappa shape index (κ1) is 24.4. The van der Waals surface area contributed by atoms with Gasteiger partial charge in [0.25, 0.3) is 0 Å². The summed E-state index contributed by atoms with van der Waals surface area (Å²) in [5.74, 6) is -0.974. The van der Waals surface area contributed by atoms with Crippen molar-refractivity contribution in [1.82, 2.24) is 0 Å². The first-order valence-electron chi connectivity index (χ1n) is 7.97. The first-order valence-corrected chi connectivity index (χ1v) is 9.06. The minimum absolute atomic E-state index is 0.130. The van der Waals surface area contributed by atoms with Crippen molar-refractivity contribution in [2.45, 2.75) is 0 Å². The number of esters is 2. The molecule has 0 heterocycles. The zero-order valence-electron chi connectivity index (χ0n) is 16.0. The van der Waals surface area contributed by atoms with E-state index in [4.69, 9.17) is 18.5 Å². The number of hydrogen-bond acceptors (Lipinski definition) is 7. The van der Waals surface area contributed by atoms with Crippen molar-refractivity contribution < 1.29 is 41.6 Å². The van der Waals surface area contributed by atoms with Crippen LogP contribution in [0.1, 0.15) is 0 Å². The molecule has 0 spiro atoms. The largest absolute Gasteiger partial charge is 0.709 e. The van der Waals surface area contributed by atoms with Crippen LogP contribution in [0.15, 0.2) is 25.3 Å². The van der Waals surface area contributed by atoms with Crippen LogP contribution in [0.25, 0.3) is 0 Å². The third-order valence-electron chi connectivity index (χ3n) is 3.24. The molecule has 9 nitrogen and oxygen atoms in total. The highest BCUT2D eigenvalue weighted by Gasteiger charge is 2.31. The lowest BCUT2D eigenvalue weighted by molar-refractivity contribution is -0.909. The monoisotopic (exact) mass is 393 g/mol. The molecule has 0 amide bonds. The second-order valence-corrected chi connectivity index (χ2v) is 7.77. The zero-order valence-corrected chi connectivity index (χ0v) is 16.9. The normalized spacial score (nSPS) is 11.5. The van der Waals surface area contributed by atoms with Crippen molar-refractivity contribution >= 4 is 20.2 Å². The Balaban J connectivity index is 4.08. The first-order chi connectivity index (χ1) is 12.0. The molecule has 26 heavy (non-hydrogen) atoms. The van der Waals surface area contributed by atoms with Gasteiger partial charge in [-0.1, -0.05) is 22.2 Å². The Morgan fingerprint density at radius 1 is 0.846 bits per heavy atom. The summed E-state index contributed by atoms with van der Waals surface area (Å²) in [4.78, 5) is 22.0. The quantitative estimate of drug-likeness (QED) is 0.144. The maximum absolute atomic E-state index is 11.9. The molecule has 0 aliphatic rings. The highest BCUT2D eigenvalue weighted by atomic mass is 31.1. The molecule has 0 rings (SSSR count).